The number of hydrogen-bond donors (Lipinski definition) is 0. The molecule has 0 aromatic heterocycles. The van der Waals surface area contributed by atoms with Crippen LogP contribution in [0.1, 0.15) is 34.6 Å². The van der Waals surface area contributed by atoms with Gasteiger partial charge in [0.15, 0.2) is 17.7 Å². The Morgan fingerprint density at radius 1 is 1.10 bits per heavy atom. The monoisotopic (exact) mass is 302 g/mol. The van der Waals surface area contributed by atoms with E-state index in [0.29, 0.717) is 6.61 Å². The van der Waals surface area contributed by atoms with Crippen molar-refractivity contribution in [3.05, 3.63) is 0 Å². The Morgan fingerprint density at radius 3 is 2.38 bits per heavy atom. The highest BCUT2D eigenvalue weighted by Gasteiger charge is 2.66. The zero-order valence-corrected chi connectivity index (χ0v) is 13.0. The molecule has 0 bridgehead atoms. The molecule has 7 heteroatoms. The van der Waals surface area contributed by atoms with Crippen molar-refractivity contribution in [1.29, 1.82) is 0 Å². The highest BCUT2D eigenvalue weighted by Crippen LogP contribution is 2.46. The first-order valence-electron chi connectivity index (χ1n) is 7.13. The van der Waals surface area contributed by atoms with Gasteiger partial charge in [-0.25, -0.2) is 0 Å². The molecule has 0 amide bonds. The van der Waals surface area contributed by atoms with Crippen molar-refractivity contribution >= 4 is 5.97 Å². The van der Waals surface area contributed by atoms with Crippen LogP contribution >= 0.6 is 0 Å². The van der Waals surface area contributed by atoms with E-state index in [2.05, 4.69) is 0 Å². The summed E-state index contributed by atoms with van der Waals surface area (Å²) in [5.74, 6) is -3.12. The van der Waals surface area contributed by atoms with Crippen molar-refractivity contribution in [1.82, 2.24) is 0 Å². The molecular weight excluding hydrogens is 280 g/mol. The molecule has 3 saturated heterocycles. The maximum atomic E-state index is 11.5. The second-order valence-electron chi connectivity index (χ2n) is 6.58. The Kier molecular flexibility index (Phi) is 3.35. The summed E-state index contributed by atoms with van der Waals surface area (Å²) in [6, 6.07) is 0. The molecule has 0 N–H and O–H groups in total. The quantitative estimate of drug-likeness (QED) is 0.668. The minimum absolute atomic E-state index is 0.175. The first-order chi connectivity index (χ1) is 9.63. The number of carbonyl (C=O) groups excluding carboxylic acids is 1. The van der Waals surface area contributed by atoms with E-state index >= 15 is 0 Å². The van der Waals surface area contributed by atoms with Gasteiger partial charge in [-0.1, -0.05) is 0 Å². The minimum atomic E-state index is -1.14. The molecule has 3 aliphatic heterocycles. The number of carbonyl (C=O) groups is 1. The van der Waals surface area contributed by atoms with E-state index in [1.54, 1.807) is 13.8 Å². The van der Waals surface area contributed by atoms with Gasteiger partial charge < -0.3 is 28.4 Å². The van der Waals surface area contributed by atoms with E-state index in [-0.39, 0.29) is 12.7 Å². The Labute approximate surface area is 123 Å². The van der Waals surface area contributed by atoms with Gasteiger partial charge in [-0.15, -0.1) is 0 Å². The fourth-order valence-electron chi connectivity index (χ4n) is 3.03. The molecule has 0 radical (unpaired) electrons. The number of ether oxygens (including phenoxy) is 6. The third-order valence-corrected chi connectivity index (χ3v) is 3.80. The van der Waals surface area contributed by atoms with Crippen LogP contribution in [-0.4, -0.2) is 54.9 Å². The summed E-state index contributed by atoms with van der Waals surface area (Å²) < 4.78 is 34.5. The molecule has 1 unspecified atom stereocenters. The van der Waals surface area contributed by atoms with Crippen LogP contribution < -0.4 is 0 Å². The minimum Gasteiger partial charge on any atom is -0.454 e. The highest BCUT2D eigenvalue weighted by molar-refractivity contribution is 5.66. The summed E-state index contributed by atoms with van der Waals surface area (Å²) in [6.45, 7) is 9.09. The van der Waals surface area contributed by atoms with E-state index < -0.39 is 35.5 Å². The van der Waals surface area contributed by atoms with Gasteiger partial charge in [0.2, 0.25) is 5.79 Å². The Morgan fingerprint density at radius 2 is 1.81 bits per heavy atom. The largest absolute Gasteiger partial charge is 0.454 e. The highest BCUT2D eigenvalue weighted by atomic mass is 16.9. The number of rotatable bonds is 1. The Balaban J connectivity index is 1.89. The van der Waals surface area contributed by atoms with Crippen molar-refractivity contribution < 1.29 is 33.2 Å². The van der Waals surface area contributed by atoms with E-state index in [4.69, 9.17) is 28.4 Å². The lowest BCUT2D eigenvalue weighted by atomic mass is 10.0. The first-order valence-corrected chi connectivity index (χ1v) is 7.13. The summed E-state index contributed by atoms with van der Waals surface area (Å²) >= 11 is 0. The van der Waals surface area contributed by atoms with E-state index in [1.807, 2.05) is 13.8 Å². The maximum Gasteiger partial charge on any atom is 0.303 e. The van der Waals surface area contributed by atoms with Crippen LogP contribution in [0.5, 0.6) is 0 Å². The molecule has 3 aliphatic rings. The second-order valence-corrected chi connectivity index (χ2v) is 6.58. The molecule has 21 heavy (non-hydrogen) atoms. The summed E-state index contributed by atoms with van der Waals surface area (Å²) in [5.41, 5.74) is 0. The van der Waals surface area contributed by atoms with Crippen LogP contribution in [0.25, 0.3) is 0 Å². The fraction of sp³-hybridized carbons (Fsp3) is 0.929. The van der Waals surface area contributed by atoms with Crippen LogP contribution in [0.2, 0.25) is 0 Å². The molecule has 1 spiro atoms. The molecule has 3 heterocycles. The first kappa shape index (κ1) is 15.2. The number of fused-ring (bicyclic) bond motifs is 1. The lowest BCUT2D eigenvalue weighted by Crippen LogP contribution is -2.53. The van der Waals surface area contributed by atoms with E-state index in [1.165, 1.54) is 6.92 Å². The standard InChI is InChI=1S/C14H22O7/c1-8(15)18-11-10-9(6-16-12(2,3)20-10)19-14(11)7-17-13(4,5)21-14/h9-11H,6-7H2,1-5H3/t9-,10+,11-,14?/m0/s1. The van der Waals surface area contributed by atoms with Crippen LogP contribution in [-0.2, 0) is 33.2 Å². The van der Waals surface area contributed by atoms with E-state index in [0.717, 1.165) is 0 Å². The van der Waals surface area contributed by atoms with Gasteiger partial charge in [0, 0.05) is 6.92 Å². The molecular formula is C14H22O7. The molecule has 3 rings (SSSR count). The molecule has 4 atom stereocenters. The second kappa shape index (κ2) is 4.63. The van der Waals surface area contributed by atoms with Crippen LogP contribution in [0, 0.1) is 0 Å². The van der Waals surface area contributed by atoms with Crippen LogP contribution in [0.4, 0.5) is 0 Å². The van der Waals surface area contributed by atoms with Gasteiger partial charge in [-0.05, 0) is 27.7 Å². The summed E-state index contributed by atoms with van der Waals surface area (Å²) in [4.78, 5) is 11.5. The summed E-state index contributed by atoms with van der Waals surface area (Å²) in [6.07, 6.45) is -1.50. The average Bonchev–Trinajstić information content (AvgIpc) is 2.78. The van der Waals surface area contributed by atoms with Crippen molar-refractivity contribution in [3.63, 3.8) is 0 Å². The zero-order valence-electron chi connectivity index (χ0n) is 13.0. The molecule has 3 fully saturated rings. The molecule has 0 aromatic rings. The van der Waals surface area contributed by atoms with Gasteiger partial charge in [-0.2, -0.15) is 0 Å². The maximum absolute atomic E-state index is 11.5. The van der Waals surface area contributed by atoms with Crippen molar-refractivity contribution in [2.75, 3.05) is 13.2 Å². The van der Waals surface area contributed by atoms with Crippen molar-refractivity contribution in [2.45, 2.75) is 70.3 Å². The predicted octanol–water partition coefficient (Wildman–Crippen LogP) is 0.948. The third kappa shape index (κ3) is 2.68. The zero-order chi connectivity index (χ0) is 15.5. The van der Waals surface area contributed by atoms with Crippen LogP contribution in [0.15, 0.2) is 0 Å². The topological polar surface area (TPSA) is 72.5 Å². The Hall–Kier alpha value is -0.730. The third-order valence-electron chi connectivity index (χ3n) is 3.80. The molecule has 0 aromatic carbocycles. The van der Waals surface area contributed by atoms with Crippen molar-refractivity contribution in [3.8, 4) is 0 Å². The summed E-state index contributed by atoms with van der Waals surface area (Å²) in [7, 11) is 0. The van der Waals surface area contributed by atoms with Gasteiger partial charge in [-0.3, -0.25) is 4.79 Å². The van der Waals surface area contributed by atoms with Gasteiger partial charge >= 0.3 is 5.97 Å². The van der Waals surface area contributed by atoms with E-state index in [9.17, 15) is 4.79 Å². The number of esters is 1. The SMILES string of the molecule is CC(=O)O[C@H]1[C@@H]2OC(C)(C)OC[C@@H]2OC12COC(C)(C)O2. The smallest absolute Gasteiger partial charge is 0.303 e. The lowest BCUT2D eigenvalue weighted by Gasteiger charge is -2.38. The van der Waals surface area contributed by atoms with Gasteiger partial charge in [0.1, 0.15) is 18.8 Å². The van der Waals surface area contributed by atoms with Crippen molar-refractivity contribution in [2.24, 2.45) is 0 Å². The summed E-state index contributed by atoms with van der Waals surface area (Å²) in [5, 5.41) is 0. The molecule has 120 valence electrons. The fourth-order valence-corrected chi connectivity index (χ4v) is 3.03. The molecule has 7 nitrogen and oxygen atoms in total. The van der Waals surface area contributed by atoms with Gasteiger partial charge in [0.25, 0.3) is 0 Å². The number of hydrogen-bond acceptors (Lipinski definition) is 7. The predicted molar refractivity (Wildman–Crippen MR) is 69.2 cm³/mol. The molecule has 0 aliphatic carbocycles. The van der Waals surface area contributed by atoms with Gasteiger partial charge in [0.05, 0.1) is 6.61 Å². The lowest BCUT2D eigenvalue weighted by molar-refractivity contribution is -0.304. The van der Waals surface area contributed by atoms with Crippen LogP contribution in [0.3, 0.4) is 0 Å². The normalized spacial score (nSPS) is 43.8. The molecule has 0 saturated carbocycles. The Bertz CT molecular complexity index is 445. The average molecular weight is 302 g/mol.